The lowest BCUT2D eigenvalue weighted by Crippen LogP contribution is -2.46. The van der Waals surface area contributed by atoms with Crippen LogP contribution in [0, 0.1) is 0 Å². The first-order valence-electron chi connectivity index (χ1n) is 7.63. The maximum absolute atomic E-state index is 10.9. The highest BCUT2D eigenvalue weighted by atomic mass is 35.5. The Balaban J connectivity index is 1.58. The van der Waals surface area contributed by atoms with Crippen molar-refractivity contribution in [1.82, 2.24) is 9.88 Å². The highest BCUT2D eigenvalue weighted by Gasteiger charge is 2.20. The van der Waals surface area contributed by atoms with Crippen LogP contribution in [0.15, 0.2) is 36.5 Å². The lowest BCUT2D eigenvalue weighted by molar-refractivity contribution is 0.0697. The number of carboxylic acids is 1. The number of halogens is 2. The van der Waals surface area contributed by atoms with Gasteiger partial charge in [-0.05, 0) is 23.8 Å². The standard InChI is InChI=1S/C17H17Cl2N3O2/c18-14-9-15(19)16(20-10-14)22-7-5-21(6-8-22)11-12-1-3-13(4-2-12)17(23)24/h1-4,9-10H,5-8,11H2,(H,23,24). The monoisotopic (exact) mass is 365 g/mol. The van der Waals surface area contributed by atoms with Crippen molar-refractivity contribution in [3.05, 3.63) is 57.7 Å². The Morgan fingerprint density at radius 3 is 2.38 bits per heavy atom. The topological polar surface area (TPSA) is 56.7 Å². The first-order valence-corrected chi connectivity index (χ1v) is 8.39. The third-order valence-electron chi connectivity index (χ3n) is 4.07. The van der Waals surface area contributed by atoms with Crippen molar-refractivity contribution in [1.29, 1.82) is 0 Å². The van der Waals surface area contributed by atoms with Gasteiger partial charge in [0.15, 0.2) is 0 Å². The van der Waals surface area contributed by atoms with Gasteiger partial charge in [0.1, 0.15) is 5.82 Å². The van der Waals surface area contributed by atoms with Crippen LogP contribution in [0.4, 0.5) is 5.82 Å². The molecule has 0 saturated carbocycles. The second-order valence-electron chi connectivity index (χ2n) is 5.72. The summed E-state index contributed by atoms with van der Waals surface area (Å²) >= 11 is 12.1. The molecule has 1 aromatic carbocycles. The van der Waals surface area contributed by atoms with Crippen LogP contribution in [0.1, 0.15) is 15.9 Å². The summed E-state index contributed by atoms with van der Waals surface area (Å²) in [6.45, 7) is 4.25. The molecule has 0 atom stereocenters. The first-order chi connectivity index (χ1) is 11.5. The molecule has 5 nitrogen and oxygen atoms in total. The van der Waals surface area contributed by atoms with Crippen molar-refractivity contribution >= 4 is 35.0 Å². The Kier molecular flexibility index (Phi) is 5.23. The van der Waals surface area contributed by atoms with Crippen molar-refractivity contribution in [2.45, 2.75) is 6.54 Å². The van der Waals surface area contributed by atoms with E-state index in [4.69, 9.17) is 28.3 Å². The van der Waals surface area contributed by atoms with Crippen molar-refractivity contribution < 1.29 is 9.90 Å². The molecule has 0 amide bonds. The van der Waals surface area contributed by atoms with Crippen LogP contribution in [0.2, 0.25) is 10.0 Å². The normalized spacial score (nSPS) is 15.5. The van der Waals surface area contributed by atoms with Gasteiger partial charge in [-0.1, -0.05) is 35.3 Å². The Hall–Kier alpha value is -1.82. The quantitative estimate of drug-likeness (QED) is 0.899. The molecular weight excluding hydrogens is 349 g/mol. The van der Waals surface area contributed by atoms with E-state index in [1.54, 1.807) is 24.4 Å². The summed E-state index contributed by atoms with van der Waals surface area (Å²) < 4.78 is 0. The van der Waals surface area contributed by atoms with E-state index >= 15 is 0 Å². The van der Waals surface area contributed by atoms with Crippen LogP contribution in [-0.2, 0) is 6.54 Å². The van der Waals surface area contributed by atoms with Gasteiger partial charge < -0.3 is 10.0 Å². The Labute approximate surface area is 150 Å². The number of rotatable bonds is 4. The largest absolute Gasteiger partial charge is 0.478 e. The van der Waals surface area contributed by atoms with Crippen LogP contribution in [0.5, 0.6) is 0 Å². The van der Waals surface area contributed by atoms with E-state index in [0.29, 0.717) is 15.6 Å². The van der Waals surface area contributed by atoms with E-state index < -0.39 is 5.97 Å². The molecule has 2 heterocycles. The number of hydrogen-bond donors (Lipinski definition) is 1. The number of pyridine rings is 1. The Morgan fingerprint density at radius 1 is 1.12 bits per heavy atom. The number of benzene rings is 1. The average Bonchev–Trinajstić information content (AvgIpc) is 2.56. The van der Waals surface area contributed by atoms with Gasteiger partial charge in [-0.2, -0.15) is 0 Å². The predicted molar refractivity (Wildman–Crippen MR) is 95.1 cm³/mol. The highest BCUT2D eigenvalue weighted by Crippen LogP contribution is 2.26. The molecule has 1 saturated heterocycles. The fraction of sp³-hybridized carbons (Fsp3) is 0.294. The maximum atomic E-state index is 10.9. The van der Waals surface area contributed by atoms with Gasteiger partial charge >= 0.3 is 5.97 Å². The molecule has 1 aliphatic heterocycles. The molecule has 1 N–H and O–H groups in total. The molecule has 24 heavy (non-hydrogen) atoms. The summed E-state index contributed by atoms with van der Waals surface area (Å²) in [5, 5.41) is 10.0. The van der Waals surface area contributed by atoms with Gasteiger partial charge in [0.25, 0.3) is 0 Å². The van der Waals surface area contributed by atoms with E-state index in [1.807, 2.05) is 12.1 Å². The number of hydrogen-bond acceptors (Lipinski definition) is 4. The molecule has 0 aliphatic carbocycles. The van der Waals surface area contributed by atoms with Crippen molar-refractivity contribution in [2.24, 2.45) is 0 Å². The average molecular weight is 366 g/mol. The third kappa shape index (κ3) is 3.98. The SMILES string of the molecule is O=C(O)c1ccc(CN2CCN(c3ncc(Cl)cc3Cl)CC2)cc1. The smallest absolute Gasteiger partial charge is 0.335 e. The van der Waals surface area contributed by atoms with E-state index in [9.17, 15) is 4.79 Å². The molecule has 3 rings (SSSR count). The van der Waals surface area contributed by atoms with E-state index in [1.165, 1.54) is 0 Å². The fourth-order valence-corrected chi connectivity index (χ4v) is 3.27. The summed E-state index contributed by atoms with van der Waals surface area (Å²) in [6, 6.07) is 8.74. The van der Waals surface area contributed by atoms with E-state index in [-0.39, 0.29) is 0 Å². The zero-order valence-electron chi connectivity index (χ0n) is 13.0. The minimum atomic E-state index is -0.900. The minimum Gasteiger partial charge on any atom is -0.478 e. The second kappa shape index (κ2) is 7.38. The number of aromatic nitrogens is 1. The molecule has 1 fully saturated rings. The second-order valence-corrected chi connectivity index (χ2v) is 6.57. The maximum Gasteiger partial charge on any atom is 0.335 e. The number of anilines is 1. The van der Waals surface area contributed by atoms with Crippen molar-refractivity contribution in [2.75, 3.05) is 31.1 Å². The Morgan fingerprint density at radius 2 is 1.79 bits per heavy atom. The molecule has 0 spiro atoms. The summed E-state index contributed by atoms with van der Waals surface area (Å²) in [5.74, 6) is -0.131. The van der Waals surface area contributed by atoms with Gasteiger partial charge in [-0.15, -0.1) is 0 Å². The molecule has 1 aliphatic rings. The molecule has 1 aromatic heterocycles. The molecule has 0 radical (unpaired) electrons. The number of nitrogens with zero attached hydrogens (tertiary/aromatic N) is 3. The van der Waals surface area contributed by atoms with E-state index in [0.717, 1.165) is 44.1 Å². The van der Waals surface area contributed by atoms with Crippen LogP contribution >= 0.6 is 23.2 Å². The van der Waals surface area contributed by atoms with E-state index in [2.05, 4.69) is 14.8 Å². The zero-order chi connectivity index (χ0) is 17.1. The van der Waals surface area contributed by atoms with Crippen molar-refractivity contribution in [3.8, 4) is 0 Å². The van der Waals surface area contributed by atoms with Gasteiger partial charge in [0.2, 0.25) is 0 Å². The summed E-state index contributed by atoms with van der Waals surface area (Å²) in [7, 11) is 0. The molecular formula is C17H17Cl2N3O2. The number of aromatic carboxylic acids is 1. The fourth-order valence-electron chi connectivity index (χ4n) is 2.77. The highest BCUT2D eigenvalue weighted by molar-refractivity contribution is 6.36. The summed E-state index contributed by atoms with van der Waals surface area (Å²) in [4.78, 5) is 19.7. The first kappa shape index (κ1) is 17.0. The van der Waals surface area contributed by atoms with Crippen LogP contribution in [-0.4, -0.2) is 47.1 Å². The van der Waals surface area contributed by atoms with Gasteiger partial charge in [0.05, 0.1) is 15.6 Å². The zero-order valence-corrected chi connectivity index (χ0v) is 14.5. The summed E-state index contributed by atoms with van der Waals surface area (Å²) in [6.07, 6.45) is 1.61. The minimum absolute atomic E-state index is 0.312. The number of carboxylic acid groups (broad SMARTS) is 1. The molecule has 7 heteroatoms. The van der Waals surface area contributed by atoms with Gasteiger partial charge in [-0.3, -0.25) is 4.90 Å². The Bertz CT molecular complexity index is 729. The molecule has 0 unspecified atom stereocenters. The number of carbonyl (C=O) groups is 1. The van der Waals surface area contributed by atoms with Gasteiger partial charge in [-0.25, -0.2) is 9.78 Å². The van der Waals surface area contributed by atoms with Crippen LogP contribution < -0.4 is 4.90 Å². The molecule has 2 aromatic rings. The van der Waals surface area contributed by atoms with Crippen LogP contribution in [0.25, 0.3) is 0 Å². The molecule has 0 bridgehead atoms. The third-order valence-corrected chi connectivity index (χ3v) is 4.55. The molecule has 126 valence electrons. The summed E-state index contributed by atoms with van der Waals surface area (Å²) in [5.41, 5.74) is 1.42. The van der Waals surface area contributed by atoms with Crippen LogP contribution in [0.3, 0.4) is 0 Å². The lowest BCUT2D eigenvalue weighted by Gasteiger charge is -2.35. The van der Waals surface area contributed by atoms with Crippen molar-refractivity contribution in [3.63, 3.8) is 0 Å². The lowest BCUT2D eigenvalue weighted by atomic mass is 10.1. The van der Waals surface area contributed by atoms with Gasteiger partial charge in [0, 0.05) is 38.9 Å². The predicted octanol–water partition coefficient (Wildman–Crippen LogP) is 3.41. The number of piperazine rings is 1.